The van der Waals surface area contributed by atoms with Gasteiger partial charge in [-0.25, -0.2) is 0 Å². The number of rotatable bonds is 6. The predicted molar refractivity (Wildman–Crippen MR) is 83.6 cm³/mol. The second-order valence-electron chi connectivity index (χ2n) is 4.95. The maximum atomic E-state index is 11.0. The lowest BCUT2D eigenvalue weighted by Gasteiger charge is -2.14. The van der Waals surface area contributed by atoms with Gasteiger partial charge in [0.15, 0.2) is 5.69 Å². The van der Waals surface area contributed by atoms with Gasteiger partial charge in [-0.05, 0) is 38.5 Å². The minimum Gasteiger partial charge on any atom is -0.490 e. The van der Waals surface area contributed by atoms with E-state index in [1.807, 2.05) is 38.1 Å². The lowest BCUT2D eigenvalue weighted by atomic mass is 10.1. The van der Waals surface area contributed by atoms with Gasteiger partial charge in [-0.1, -0.05) is 30.3 Å². The molecule has 0 amide bonds. The Morgan fingerprint density at radius 2 is 2.14 bits per heavy atom. The van der Waals surface area contributed by atoms with Crippen LogP contribution in [0.25, 0.3) is 12.2 Å². The molecule has 1 aromatic heterocycles. The Balaban J connectivity index is 2.29. The normalized spacial score (nSPS) is 12.5. The quantitative estimate of drug-likeness (QED) is 0.589. The fourth-order valence-corrected chi connectivity index (χ4v) is 1.90. The van der Waals surface area contributed by atoms with Gasteiger partial charge in [-0.3, -0.25) is 10.1 Å². The molecule has 0 aliphatic carbocycles. The summed E-state index contributed by atoms with van der Waals surface area (Å²) in [5.41, 5.74) is 0.969. The highest BCUT2D eigenvalue weighted by atomic mass is 16.6. The number of para-hydroxylation sites is 1. The van der Waals surface area contributed by atoms with E-state index in [1.54, 1.807) is 13.0 Å². The molecule has 0 aliphatic rings. The molecule has 6 nitrogen and oxygen atoms in total. The Morgan fingerprint density at radius 3 is 2.82 bits per heavy atom. The summed E-state index contributed by atoms with van der Waals surface area (Å²) in [6.45, 7) is 5.58. The van der Waals surface area contributed by atoms with Crippen molar-refractivity contribution in [1.82, 2.24) is 5.16 Å². The monoisotopic (exact) mass is 302 g/mol. The van der Waals surface area contributed by atoms with Crippen LogP contribution >= 0.6 is 0 Å². The molecule has 6 heteroatoms. The van der Waals surface area contributed by atoms with Crippen LogP contribution in [0.4, 0.5) is 5.69 Å². The first-order valence-corrected chi connectivity index (χ1v) is 7.07. The number of benzene rings is 1. The highest BCUT2D eigenvalue weighted by Gasteiger charge is 2.22. The van der Waals surface area contributed by atoms with Crippen LogP contribution < -0.4 is 4.74 Å². The molecular weight excluding hydrogens is 284 g/mol. The van der Waals surface area contributed by atoms with E-state index in [9.17, 15) is 10.1 Å². The van der Waals surface area contributed by atoms with Crippen LogP contribution in [-0.4, -0.2) is 16.2 Å². The molecule has 116 valence electrons. The standard InChI is InChI=1S/C16H18N2O4/c1-4-11(2)21-14-8-6-5-7-13(14)9-10-15-16(18(19)20)12(3)17-22-15/h5-11H,4H2,1-3H3/b10-9-/t11-/m1/s1. The van der Waals surface area contributed by atoms with E-state index in [1.165, 1.54) is 6.08 Å². The molecule has 0 saturated heterocycles. The summed E-state index contributed by atoms with van der Waals surface area (Å²) in [6, 6.07) is 7.51. The van der Waals surface area contributed by atoms with Crippen molar-refractivity contribution in [2.45, 2.75) is 33.3 Å². The molecule has 22 heavy (non-hydrogen) atoms. The summed E-state index contributed by atoms with van der Waals surface area (Å²) in [5, 5.41) is 14.6. The Kier molecular flexibility index (Phi) is 4.93. The fraction of sp³-hybridized carbons (Fsp3) is 0.312. The van der Waals surface area contributed by atoms with Crippen LogP contribution in [-0.2, 0) is 0 Å². The van der Waals surface area contributed by atoms with Gasteiger partial charge in [0, 0.05) is 5.56 Å². The third-order valence-corrected chi connectivity index (χ3v) is 3.28. The smallest absolute Gasteiger partial charge is 0.338 e. The third kappa shape index (κ3) is 3.52. The van der Waals surface area contributed by atoms with Gasteiger partial charge in [-0.15, -0.1) is 0 Å². The second-order valence-corrected chi connectivity index (χ2v) is 4.95. The van der Waals surface area contributed by atoms with E-state index in [-0.39, 0.29) is 23.2 Å². The van der Waals surface area contributed by atoms with Crippen LogP contribution in [0.3, 0.4) is 0 Å². The van der Waals surface area contributed by atoms with Crippen molar-refractivity contribution in [2.75, 3.05) is 0 Å². The maximum absolute atomic E-state index is 11.0. The number of nitro groups is 1. The molecule has 0 radical (unpaired) electrons. The van der Waals surface area contributed by atoms with Crippen molar-refractivity contribution in [3.05, 3.63) is 51.4 Å². The summed E-state index contributed by atoms with van der Waals surface area (Å²) in [7, 11) is 0. The number of aryl methyl sites for hydroxylation is 1. The van der Waals surface area contributed by atoms with Crippen LogP contribution in [0.15, 0.2) is 28.8 Å². The molecule has 0 fully saturated rings. The van der Waals surface area contributed by atoms with E-state index >= 15 is 0 Å². The summed E-state index contributed by atoms with van der Waals surface area (Å²) in [4.78, 5) is 10.5. The number of aromatic nitrogens is 1. The Morgan fingerprint density at radius 1 is 1.41 bits per heavy atom. The first kappa shape index (κ1) is 15.8. The Hall–Kier alpha value is -2.63. The second kappa shape index (κ2) is 6.89. The molecule has 0 unspecified atom stereocenters. The highest BCUT2D eigenvalue weighted by molar-refractivity contribution is 5.74. The van der Waals surface area contributed by atoms with Crippen molar-refractivity contribution < 1.29 is 14.2 Å². The molecule has 0 spiro atoms. The van der Waals surface area contributed by atoms with Crippen LogP contribution in [0.1, 0.15) is 37.3 Å². The van der Waals surface area contributed by atoms with E-state index in [4.69, 9.17) is 9.26 Å². The molecular formula is C16H18N2O4. The number of hydrogen-bond donors (Lipinski definition) is 0. The SMILES string of the molecule is CC[C@@H](C)Oc1ccccc1/C=C\c1onc(C)c1[N+](=O)[O-]. The van der Waals surface area contributed by atoms with Gasteiger partial charge in [0.25, 0.3) is 0 Å². The average molecular weight is 302 g/mol. The largest absolute Gasteiger partial charge is 0.490 e. The van der Waals surface area contributed by atoms with Crippen molar-refractivity contribution in [1.29, 1.82) is 0 Å². The van der Waals surface area contributed by atoms with Gasteiger partial charge in [0.05, 0.1) is 11.0 Å². The molecule has 2 aromatic rings. The summed E-state index contributed by atoms with van der Waals surface area (Å²) >= 11 is 0. The van der Waals surface area contributed by atoms with Crippen molar-refractivity contribution in [3.63, 3.8) is 0 Å². The first-order chi connectivity index (χ1) is 10.5. The lowest BCUT2D eigenvalue weighted by molar-refractivity contribution is -0.386. The molecule has 1 heterocycles. The zero-order valence-electron chi connectivity index (χ0n) is 12.8. The molecule has 0 aliphatic heterocycles. The zero-order chi connectivity index (χ0) is 16.1. The average Bonchev–Trinajstić information content (AvgIpc) is 2.87. The highest BCUT2D eigenvalue weighted by Crippen LogP contribution is 2.27. The van der Waals surface area contributed by atoms with E-state index < -0.39 is 4.92 Å². The Bertz CT molecular complexity index is 691. The molecule has 0 bridgehead atoms. The molecule has 0 N–H and O–H groups in total. The van der Waals surface area contributed by atoms with E-state index in [0.717, 1.165) is 17.7 Å². The van der Waals surface area contributed by atoms with Gasteiger partial charge in [0.1, 0.15) is 5.75 Å². The zero-order valence-corrected chi connectivity index (χ0v) is 12.8. The van der Waals surface area contributed by atoms with Gasteiger partial charge in [0.2, 0.25) is 5.76 Å². The molecule has 1 atom stereocenters. The number of ether oxygens (including phenoxy) is 1. The summed E-state index contributed by atoms with van der Waals surface area (Å²) in [5.74, 6) is 0.854. The van der Waals surface area contributed by atoms with Gasteiger partial charge < -0.3 is 9.26 Å². The Labute approximate surface area is 128 Å². The lowest BCUT2D eigenvalue weighted by Crippen LogP contribution is -2.10. The topological polar surface area (TPSA) is 78.4 Å². The van der Waals surface area contributed by atoms with Crippen LogP contribution in [0, 0.1) is 17.0 Å². The fourth-order valence-electron chi connectivity index (χ4n) is 1.90. The molecule has 0 saturated carbocycles. The molecule has 1 aromatic carbocycles. The number of nitrogens with zero attached hydrogens (tertiary/aromatic N) is 2. The predicted octanol–water partition coefficient (Wildman–Crippen LogP) is 4.24. The summed E-state index contributed by atoms with van der Waals surface area (Å²) < 4.78 is 10.8. The minimum absolute atomic E-state index is 0.0939. The van der Waals surface area contributed by atoms with Crippen LogP contribution in [0.2, 0.25) is 0 Å². The van der Waals surface area contributed by atoms with Crippen molar-refractivity contribution in [3.8, 4) is 5.75 Å². The van der Waals surface area contributed by atoms with Gasteiger partial charge in [-0.2, -0.15) is 0 Å². The maximum Gasteiger partial charge on any atom is 0.338 e. The van der Waals surface area contributed by atoms with E-state index in [0.29, 0.717) is 0 Å². The summed E-state index contributed by atoms with van der Waals surface area (Å²) in [6.07, 6.45) is 4.25. The van der Waals surface area contributed by atoms with E-state index in [2.05, 4.69) is 5.16 Å². The third-order valence-electron chi connectivity index (χ3n) is 3.28. The number of hydrogen-bond acceptors (Lipinski definition) is 5. The molecule has 2 rings (SSSR count). The first-order valence-electron chi connectivity index (χ1n) is 7.07. The van der Waals surface area contributed by atoms with Gasteiger partial charge >= 0.3 is 5.69 Å². The minimum atomic E-state index is -0.493. The van der Waals surface area contributed by atoms with Crippen LogP contribution in [0.5, 0.6) is 5.75 Å². The van der Waals surface area contributed by atoms with Crippen molar-refractivity contribution in [2.24, 2.45) is 0 Å². The van der Waals surface area contributed by atoms with Crippen molar-refractivity contribution >= 4 is 17.8 Å².